The Morgan fingerprint density at radius 3 is 1.37 bits per heavy atom. The molecule has 0 bridgehead atoms. The first-order chi connectivity index (χ1) is 28.3. The summed E-state index contributed by atoms with van der Waals surface area (Å²) in [6.45, 7) is 0. The number of imidazole rings is 2. The molecule has 6 heterocycles. The van der Waals surface area contributed by atoms with Gasteiger partial charge in [0.15, 0.2) is 9.92 Å². The van der Waals surface area contributed by atoms with E-state index in [9.17, 15) is 19.2 Å². The zero-order valence-corrected chi connectivity index (χ0v) is 35.7. The van der Waals surface area contributed by atoms with E-state index in [0.29, 0.717) is 11.5 Å². The fraction of sp³-hybridized carbons (Fsp3) is 0.381. The molecule has 13 nitrogen and oxygen atoms in total. The highest BCUT2D eigenvalue weighted by atomic mass is 32.2. The average Bonchev–Trinajstić information content (AvgIpc) is 4.11. The maximum atomic E-state index is 12.8. The number of hydrazine groups is 2. The predicted octanol–water partition coefficient (Wildman–Crippen LogP) is 6.92. The maximum absolute atomic E-state index is 12.8. The van der Waals surface area contributed by atoms with Crippen LogP contribution in [0.1, 0.15) is 75.6 Å². The Morgan fingerprint density at radius 1 is 0.593 bits per heavy atom. The zero-order valence-electron chi connectivity index (χ0n) is 32.4. The number of carbonyl (C=O) groups excluding carboxylic acids is 4. The number of benzene rings is 2. The fourth-order valence-corrected chi connectivity index (χ4v) is 12.9. The van der Waals surface area contributed by atoms with Gasteiger partial charge in [0.2, 0.25) is 11.8 Å². The van der Waals surface area contributed by atoms with E-state index < -0.39 is 0 Å². The van der Waals surface area contributed by atoms with Gasteiger partial charge in [-0.2, -0.15) is 0 Å². The van der Waals surface area contributed by atoms with Gasteiger partial charge < -0.3 is 5.48 Å². The second kappa shape index (κ2) is 17.5. The van der Waals surface area contributed by atoms with Crippen LogP contribution >= 0.6 is 46.2 Å². The molecule has 308 valence electrons. The molecule has 59 heavy (non-hydrogen) atoms. The molecule has 6 aromatic rings. The van der Waals surface area contributed by atoms with Gasteiger partial charge in [-0.15, -0.1) is 46.2 Å². The molecule has 0 unspecified atom stereocenters. The SMILES string of the molecule is O.O=C(Cc1csc2nc(-c3ccccc3)cn12)NN1C(=O)CSC12CCCCC2.O=C(Cc1csc2nc(-c3ccccc3)cn12)NN1C(=O)CSC12CCCCC2. The van der Waals surface area contributed by atoms with Crippen molar-refractivity contribution >= 4 is 79.7 Å². The van der Waals surface area contributed by atoms with Gasteiger partial charge in [-0.1, -0.05) is 99.2 Å². The van der Waals surface area contributed by atoms with Crippen molar-refractivity contribution < 1.29 is 24.7 Å². The number of rotatable bonds is 8. The molecule has 17 heteroatoms. The van der Waals surface area contributed by atoms with Crippen LogP contribution in [0, 0.1) is 0 Å². The molecule has 2 spiro atoms. The summed E-state index contributed by atoms with van der Waals surface area (Å²) in [6.07, 6.45) is 15.0. The Kier molecular flexibility index (Phi) is 12.2. The summed E-state index contributed by atoms with van der Waals surface area (Å²) in [5.41, 5.74) is 11.5. The third-order valence-corrected chi connectivity index (χ3v) is 16.2. The largest absolute Gasteiger partial charge is 0.412 e. The van der Waals surface area contributed by atoms with E-state index in [4.69, 9.17) is 0 Å². The van der Waals surface area contributed by atoms with Crippen LogP contribution in [-0.4, -0.2) is 79.1 Å². The van der Waals surface area contributed by atoms with Crippen LogP contribution in [0.3, 0.4) is 0 Å². The monoisotopic (exact) mass is 870 g/mol. The number of thiazole rings is 2. The van der Waals surface area contributed by atoms with Crippen molar-refractivity contribution in [3.8, 4) is 22.5 Å². The minimum atomic E-state index is -0.246. The van der Waals surface area contributed by atoms with Gasteiger partial charge in [-0.05, 0) is 25.7 Å². The quantitative estimate of drug-likeness (QED) is 0.167. The summed E-state index contributed by atoms with van der Waals surface area (Å²) in [5, 5.41) is 7.19. The maximum Gasteiger partial charge on any atom is 0.252 e. The summed E-state index contributed by atoms with van der Waals surface area (Å²) < 4.78 is 3.95. The molecule has 4 N–H and O–H groups in total. The van der Waals surface area contributed by atoms with Crippen molar-refractivity contribution in [1.82, 2.24) is 39.6 Å². The fourth-order valence-electron chi connectivity index (χ4n) is 8.44. The highest BCUT2D eigenvalue weighted by molar-refractivity contribution is 8.02. The number of fused-ring (bicyclic) bond motifs is 2. The van der Waals surface area contributed by atoms with E-state index in [-0.39, 0.29) is 51.7 Å². The molecule has 0 radical (unpaired) electrons. The number of thioether (sulfide) groups is 2. The summed E-state index contributed by atoms with van der Waals surface area (Å²) in [7, 11) is 0. The van der Waals surface area contributed by atoms with Gasteiger partial charge in [-0.25, -0.2) is 20.0 Å². The molecule has 10 rings (SSSR count). The lowest BCUT2D eigenvalue weighted by Crippen LogP contribution is -2.55. The van der Waals surface area contributed by atoms with Crippen LogP contribution in [0.15, 0.2) is 83.8 Å². The van der Waals surface area contributed by atoms with E-state index in [1.54, 1.807) is 33.5 Å². The molecular formula is C42H46N8O5S4. The number of nitrogens with zero attached hydrogens (tertiary/aromatic N) is 6. The minimum Gasteiger partial charge on any atom is -0.412 e. The van der Waals surface area contributed by atoms with E-state index in [1.807, 2.05) is 92.6 Å². The Morgan fingerprint density at radius 2 is 0.983 bits per heavy atom. The molecule has 4 aliphatic rings. The standard InChI is InChI=1S/2C21H22N4O2S2.H2O/c2*26-18(23-25-19(27)14-29-21(25)9-5-2-6-10-21)11-16-13-28-20-22-17(12-24(16)20)15-7-3-1-4-8-15;/h2*1,3-4,7-8,12-13H,2,5-6,9-11,14H2,(H,23,26);1H2. The molecule has 4 fully saturated rings. The second-order valence-electron chi connectivity index (χ2n) is 15.2. The molecule has 2 saturated heterocycles. The number of aromatic nitrogens is 4. The highest BCUT2D eigenvalue weighted by Gasteiger charge is 2.49. The average molecular weight is 871 g/mol. The lowest BCUT2D eigenvalue weighted by molar-refractivity contribution is -0.143. The smallest absolute Gasteiger partial charge is 0.252 e. The van der Waals surface area contributed by atoms with Crippen LogP contribution in [0.5, 0.6) is 0 Å². The summed E-state index contributed by atoms with van der Waals surface area (Å²) in [4.78, 5) is 61.1. The first-order valence-corrected chi connectivity index (χ1v) is 23.6. The van der Waals surface area contributed by atoms with Gasteiger partial charge in [0.05, 0.1) is 35.7 Å². The van der Waals surface area contributed by atoms with Gasteiger partial charge in [-0.3, -0.25) is 38.8 Å². The minimum absolute atomic E-state index is 0. The topological polar surface area (TPSA) is 165 Å². The first kappa shape index (κ1) is 41.1. The second-order valence-corrected chi connectivity index (χ2v) is 19.6. The number of carbonyl (C=O) groups is 4. The number of nitrogens with one attached hydrogen (secondary N) is 2. The predicted molar refractivity (Wildman–Crippen MR) is 235 cm³/mol. The van der Waals surface area contributed by atoms with E-state index in [0.717, 1.165) is 95.2 Å². The Labute approximate surface area is 358 Å². The van der Waals surface area contributed by atoms with Crippen molar-refractivity contribution in [3.63, 3.8) is 0 Å². The van der Waals surface area contributed by atoms with E-state index in [2.05, 4.69) is 20.8 Å². The van der Waals surface area contributed by atoms with Crippen LogP contribution in [0.2, 0.25) is 0 Å². The zero-order chi connectivity index (χ0) is 39.7. The lowest BCUT2D eigenvalue weighted by Gasteiger charge is -2.40. The Hall–Kier alpha value is -4.68. The molecule has 2 aliphatic heterocycles. The third kappa shape index (κ3) is 8.40. The number of hydrogen-bond donors (Lipinski definition) is 2. The van der Waals surface area contributed by atoms with E-state index in [1.165, 1.54) is 35.5 Å². The van der Waals surface area contributed by atoms with Gasteiger partial charge >= 0.3 is 0 Å². The lowest BCUT2D eigenvalue weighted by atomic mass is 9.94. The van der Waals surface area contributed by atoms with Gasteiger partial charge in [0.1, 0.15) is 9.74 Å². The van der Waals surface area contributed by atoms with Crippen LogP contribution < -0.4 is 10.9 Å². The molecule has 2 aromatic carbocycles. The van der Waals surface area contributed by atoms with Crippen LogP contribution in [0.25, 0.3) is 32.4 Å². The van der Waals surface area contributed by atoms with Gasteiger partial charge in [0.25, 0.3) is 11.8 Å². The molecule has 4 aromatic heterocycles. The number of amides is 4. The van der Waals surface area contributed by atoms with Crippen molar-refractivity contribution in [2.24, 2.45) is 0 Å². The normalized spacial score (nSPS) is 18.3. The third-order valence-electron chi connectivity index (χ3n) is 11.4. The van der Waals surface area contributed by atoms with Crippen molar-refractivity contribution in [3.05, 3.63) is 95.2 Å². The summed E-state index contributed by atoms with van der Waals surface area (Å²) in [5.74, 6) is 0.612. The molecule has 4 amide bonds. The number of hydrogen-bond acceptors (Lipinski definition) is 10. The first-order valence-electron chi connectivity index (χ1n) is 19.8. The van der Waals surface area contributed by atoms with Crippen LogP contribution in [-0.2, 0) is 32.0 Å². The Bertz CT molecular complexity index is 2280. The highest BCUT2D eigenvalue weighted by Crippen LogP contribution is 2.47. The van der Waals surface area contributed by atoms with E-state index >= 15 is 0 Å². The van der Waals surface area contributed by atoms with Crippen molar-refractivity contribution in [2.45, 2.75) is 86.8 Å². The molecule has 2 saturated carbocycles. The van der Waals surface area contributed by atoms with Crippen molar-refractivity contribution in [2.75, 3.05) is 11.5 Å². The van der Waals surface area contributed by atoms with Crippen LogP contribution in [0.4, 0.5) is 0 Å². The van der Waals surface area contributed by atoms with Crippen molar-refractivity contribution in [1.29, 1.82) is 0 Å². The molecular weight excluding hydrogens is 825 g/mol. The van der Waals surface area contributed by atoms with Gasteiger partial charge in [0, 0.05) is 45.7 Å². The Balaban J connectivity index is 0.000000161. The molecule has 0 atom stereocenters. The summed E-state index contributed by atoms with van der Waals surface area (Å²) in [6, 6.07) is 20.0. The molecule has 2 aliphatic carbocycles. The summed E-state index contributed by atoms with van der Waals surface area (Å²) >= 11 is 6.41.